The first-order valence-corrected chi connectivity index (χ1v) is 7.42. The van der Waals surface area contributed by atoms with E-state index < -0.39 is 0 Å². The Hall–Kier alpha value is -1.16. The van der Waals surface area contributed by atoms with Gasteiger partial charge in [0.1, 0.15) is 0 Å². The molecule has 0 bridgehead atoms. The van der Waals surface area contributed by atoms with Gasteiger partial charge in [-0.1, -0.05) is 13.8 Å². The van der Waals surface area contributed by atoms with Crippen molar-refractivity contribution in [1.82, 2.24) is 15.3 Å². The zero-order valence-electron chi connectivity index (χ0n) is 12.4. The molecule has 2 rings (SSSR count). The third-order valence-electron chi connectivity index (χ3n) is 4.02. The maximum Gasteiger partial charge on any atom is 0.225 e. The quantitative estimate of drug-likeness (QED) is 0.885. The fourth-order valence-electron chi connectivity index (χ4n) is 2.56. The Bertz CT molecular complexity index is 366. The van der Waals surface area contributed by atoms with Gasteiger partial charge in [-0.15, -0.1) is 0 Å². The van der Waals surface area contributed by atoms with Gasteiger partial charge in [-0.05, 0) is 50.3 Å². The normalized spacial score (nSPS) is 17.2. The van der Waals surface area contributed by atoms with Crippen LogP contribution in [-0.4, -0.2) is 36.6 Å². The molecule has 19 heavy (non-hydrogen) atoms. The molecule has 1 saturated heterocycles. The second kappa shape index (κ2) is 6.85. The Morgan fingerprint density at radius 3 is 2.42 bits per heavy atom. The molecule has 0 unspecified atom stereocenters. The Morgan fingerprint density at radius 2 is 1.89 bits per heavy atom. The van der Waals surface area contributed by atoms with Gasteiger partial charge in [0.25, 0.3) is 0 Å². The summed E-state index contributed by atoms with van der Waals surface area (Å²) in [5.74, 6) is 2.26. The molecule has 106 valence electrons. The molecule has 0 atom stereocenters. The predicted octanol–water partition coefficient (Wildman–Crippen LogP) is 2.43. The number of aromatic nitrogens is 2. The lowest BCUT2D eigenvalue weighted by molar-refractivity contribution is 0.375. The summed E-state index contributed by atoms with van der Waals surface area (Å²) in [5, 5.41) is 3.24. The minimum Gasteiger partial charge on any atom is -0.341 e. The minimum atomic E-state index is 0.501. The van der Waals surface area contributed by atoms with E-state index in [4.69, 9.17) is 0 Å². The van der Waals surface area contributed by atoms with E-state index in [-0.39, 0.29) is 0 Å². The molecule has 4 nitrogen and oxygen atoms in total. The van der Waals surface area contributed by atoms with Gasteiger partial charge in [-0.2, -0.15) is 0 Å². The summed E-state index contributed by atoms with van der Waals surface area (Å²) in [6, 6.07) is 0. The number of nitrogens with zero attached hydrogens (tertiary/aromatic N) is 3. The van der Waals surface area contributed by atoms with E-state index in [1.54, 1.807) is 0 Å². The van der Waals surface area contributed by atoms with Crippen LogP contribution in [0.2, 0.25) is 0 Å². The molecule has 0 radical (unpaired) electrons. The van der Waals surface area contributed by atoms with E-state index in [0.29, 0.717) is 5.92 Å². The van der Waals surface area contributed by atoms with Crippen molar-refractivity contribution in [1.29, 1.82) is 0 Å². The zero-order chi connectivity index (χ0) is 13.7. The van der Waals surface area contributed by atoms with Crippen molar-refractivity contribution < 1.29 is 0 Å². The highest BCUT2D eigenvalue weighted by Gasteiger charge is 2.20. The molecule has 0 aliphatic carbocycles. The van der Waals surface area contributed by atoms with Gasteiger partial charge in [0.2, 0.25) is 5.95 Å². The van der Waals surface area contributed by atoms with Crippen LogP contribution in [0.3, 0.4) is 0 Å². The molecule has 1 fully saturated rings. The fourth-order valence-corrected chi connectivity index (χ4v) is 2.56. The van der Waals surface area contributed by atoms with Crippen LogP contribution in [0.25, 0.3) is 0 Å². The highest BCUT2D eigenvalue weighted by molar-refractivity contribution is 5.31. The van der Waals surface area contributed by atoms with Crippen molar-refractivity contribution in [3.05, 3.63) is 18.0 Å². The van der Waals surface area contributed by atoms with Crippen molar-refractivity contribution in [2.45, 2.75) is 39.0 Å². The third-order valence-corrected chi connectivity index (χ3v) is 4.02. The van der Waals surface area contributed by atoms with Gasteiger partial charge in [-0.25, -0.2) is 9.97 Å². The van der Waals surface area contributed by atoms with Crippen LogP contribution in [0.4, 0.5) is 5.95 Å². The average Bonchev–Trinajstić information content (AvgIpc) is 2.46. The number of anilines is 1. The van der Waals surface area contributed by atoms with E-state index in [0.717, 1.165) is 31.5 Å². The highest BCUT2D eigenvalue weighted by Crippen LogP contribution is 2.23. The Kier molecular flexibility index (Phi) is 5.14. The van der Waals surface area contributed by atoms with E-state index in [1.165, 1.54) is 24.8 Å². The first-order valence-electron chi connectivity index (χ1n) is 7.42. The van der Waals surface area contributed by atoms with Gasteiger partial charge in [0, 0.05) is 25.5 Å². The maximum atomic E-state index is 4.51. The summed E-state index contributed by atoms with van der Waals surface area (Å²) in [6.45, 7) is 7.66. The fraction of sp³-hybridized carbons (Fsp3) is 0.733. The van der Waals surface area contributed by atoms with E-state index in [1.807, 2.05) is 19.4 Å². The van der Waals surface area contributed by atoms with Crippen LogP contribution >= 0.6 is 0 Å². The standard InChI is InChI=1S/C15H26N4/c1-12(2)14-10-17-15(18-11-14)19-8-5-13(6-9-19)4-7-16-3/h10-13,16H,4-9H2,1-3H3. The molecule has 1 aromatic heterocycles. The van der Waals surface area contributed by atoms with Crippen molar-refractivity contribution in [2.75, 3.05) is 31.6 Å². The molecule has 0 amide bonds. The van der Waals surface area contributed by atoms with Crippen LogP contribution in [0.1, 0.15) is 44.6 Å². The van der Waals surface area contributed by atoms with Gasteiger partial charge in [-0.3, -0.25) is 0 Å². The first-order chi connectivity index (χ1) is 9.20. The molecule has 1 aliphatic rings. The summed E-state index contributed by atoms with van der Waals surface area (Å²) in [7, 11) is 2.03. The van der Waals surface area contributed by atoms with Crippen molar-refractivity contribution in [2.24, 2.45) is 5.92 Å². The molecular weight excluding hydrogens is 236 g/mol. The van der Waals surface area contributed by atoms with Crippen molar-refractivity contribution in [3.8, 4) is 0 Å². The minimum absolute atomic E-state index is 0.501. The summed E-state index contributed by atoms with van der Waals surface area (Å²) in [5.41, 5.74) is 1.22. The smallest absolute Gasteiger partial charge is 0.225 e. The predicted molar refractivity (Wildman–Crippen MR) is 79.6 cm³/mol. The maximum absolute atomic E-state index is 4.51. The number of piperidine rings is 1. The molecular formula is C15H26N4. The lowest BCUT2D eigenvalue weighted by atomic mass is 9.94. The van der Waals surface area contributed by atoms with Gasteiger partial charge < -0.3 is 10.2 Å². The zero-order valence-corrected chi connectivity index (χ0v) is 12.4. The molecule has 1 N–H and O–H groups in total. The third kappa shape index (κ3) is 3.90. The van der Waals surface area contributed by atoms with E-state index in [9.17, 15) is 0 Å². The second-order valence-corrected chi connectivity index (χ2v) is 5.79. The van der Waals surface area contributed by atoms with Crippen LogP contribution in [0, 0.1) is 5.92 Å². The summed E-state index contributed by atoms with van der Waals surface area (Å²) in [6.07, 6.45) is 7.76. The molecule has 0 spiro atoms. The Labute approximate surface area is 116 Å². The Morgan fingerprint density at radius 1 is 1.26 bits per heavy atom. The average molecular weight is 262 g/mol. The molecule has 0 aromatic carbocycles. The lowest BCUT2D eigenvalue weighted by Gasteiger charge is -2.32. The first kappa shape index (κ1) is 14.3. The van der Waals surface area contributed by atoms with Crippen LogP contribution in [0.15, 0.2) is 12.4 Å². The van der Waals surface area contributed by atoms with Crippen LogP contribution < -0.4 is 10.2 Å². The van der Waals surface area contributed by atoms with E-state index >= 15 is 0 Å². The molecule has 2 heterocycles. The number of hydrogen-bond donors (Lipinski definition) is 1. The SMILES string of the molecule is CNCCC1CCN(c2ncc(C(C)C)cn2)CC1. The monoisotopic (exact) mass is 262 g/mol. The lowest BCUT2D eigenvalue weighted by Crippen LogP contribution is -2.35. The molecule has 0 saturated carbocycles. The molecule has 4 heteroatoms. The van der Waals surface area contributed by atoms with E-state index in [2.05, 4.69) is 34.0 Å². The van der Waals surface area contributed by atoms with Crippen molar-refractivity contribution >= 4 is 5.95 Å². The topological polar surface area (TPSA) is 41.0 Å². The van der Waals surface area contributed by atoms with Crippen LogP contribution in [-0.2, 0) is 0 Å². The van der Waals surface area contributed by atoms with Crippen molar-refractivity contribution in [3.63, 3.8) is 0 Å². The highest BCUT2D eigenvalue weighted by atomic mass is 15.2. The largest absolute Gasteiger partial charge is 0.341 e. The van der Waals surface area contributed by atoms with Gasteiger partial charge in [0.15, 0.2) is 0 Å². The summed E-state index contributed by atoms with van der Waals surface area (Å²) >= 11 is 0. The number of rotatable bonds is 5. The summed E-state index contributed by atoms with van der Waals surface area (Å²) < 4.78 is 0. The molecule has 1 aliphatic heterocycles. The Balaban J connectivity index is 1.87. The number of nitrogens with one attached hydrogen (secondary N) is 1. The number of hydrogen-bond acceptors (Lipinski definition) is 4. The van der Waals surface area contributed by atoms with Gasteiger partial charge in [0.05, 0.1) is 0 Å². The van der Waals surface area contributed by atoms with Crippen LogP contribution in [0.5, 0.6) is 0 Å². The van der Waals surface area contributed by atoms with Gasteiger partial charge >= 0.3 is 0 Å². The summed E-state index contributed by atoms with van der Waals surface area (Å²) in [4.78, 5) is 11.3. The molecule has 1 aromatic rings. The second-order valence-electron chi connectivity index (χ2n) is 5.79.